The van der Waals surface area contributed by atoms with Crippen molar-refractivity contribution in [3.05, 3.63) is 60.3 Å². The van der Waals surface area contributed by atoms with Crippen molar-refractivity contribution < 1.29 is 9.59 Å². The van der Waals surface area contributed by atoms with Crippen molar-refractivity contribution in [3.63, 3.8) is 0 Å². The lowest BCUT2D eigenvalue weighted by molar-refractivity contribution is -0.117. The number of hydrogen-bond acceptors (Lipinski definition) is 2. The van der Waals surface area contributed by atoms with Crippen molar-refractivity contribution in [1.82, 2.24) is 4.98 Å². The Morgan fingerprint density at radius 1 is 1.12 bits per heavy atom. The molecule has 1 aromatic heterocycles. The van der Waals surface area contributed by atoms with Crippen molar-refractivity contribution in [1.29, 1.82) is 0 Å². The molecule has 0 spiro atoms. The van der Waals surface area contributed by atoms with Gasteiger partial charge in [0.25, 0.3) is 5.91 Å². The topological polar surface area (TPSA) is 65.2 Å². The molecule has 1 fully saturated rings. The van der Waals surface area contributed by atoms with Crippen molar-refractivity contribution in [2.45, 2.75) is 12.8 Å². The summed E-state index contributed by atoms with van der Waals surface area (Å²) in [4.78, 5) is 29.2. The Balaban J connectivity index is 1.56. The Labute approximate surface area is 139 Å². The quantitative estimate of drug-likeness (QED) is 0.775. The molecule has 5 nitrogen and oxygen atoms in total. The van der Waals surface area contributed by atoms with Crippen LogP contribution in [0.4, 0.5) is 11.4 Å². The average molecular weight is 319 g/mol. The van der Waals surface area contributed by atoms with Crippen molar-refractivity contribution >= 4 is 34.1 Å². The maximum absolute atomic E-state index is 12.5. The molecule has 24 heavy (non-hydrogen) atoms. The molecule has 4 rings (SSSR count). The number of aromatic nitrogens is 1. The van der Waals surface area contributed by atoms with E-state index in [1.54, 1.807) is 11.0 Å². The van der Waals surface area contributed by atoms with E-state index in [0.29, 0.717) is 17.7 Å². The van der Waals surface area contributed by atoms with Crippen LogP contribution in [0.3, 0.4) is 0 Å². The second-order valence-electron chi connectivity index (χ2n) is 5.93. The number of H-pyrrole nitrogens is 1. The predicted octanol–water partition coefficient (Wildman–Crippen LogP) is 3.55. The fraction of sp³-hybridized carbons (Fsp3) is 0.158. The van der Waals surface area contributed by atoms with E-state index in [1.807, 2.05) is 48.7 Å². The second-order valence-corrected chi connectivity index (χ2v) is 5.93. The van der Waals surface area contributed by atoms with E-state index in [0.717, 1.165) is 29.6 Å². The lowest BCUT2D eigenvalue weighted by Gasteiger charge is -2.16. The van der Waals surface area contributed by atoms with Crippen LogP contribution in [0.1, 0.15) is 23.2 Å². The zero-order chi connectivity index (χ0) is 16.5. The number of anilines is 2. The highest BCUT2D eigenvalue weighted by Crippen LogP contribution is 2.24. The third-order valence-electron chi connectivity index (χ3n) is 4.31. The number of aromatic amines is 1. The Morgan fingerprint density at radius 3 is 2.88 bits per heavy atom. The summed E-state index contributed by atoms with van der Waals surface area (Å²) in [7, 11) is 0. The third-order valence-corrected chi connectivity index (χ3v) is 4.31. The van der Waals surface area contributed by atoms with Crippen LogP contribution in [0.25, 0.3) is 10.9 Å². The standard InChI is InChI=1S/C19H17N3O2/c23-18-5-2-10-22(18)16-4-1-3-15(12-16)21-19(24)14-7-6-13-8-9-20-17(13)11-14/h1,3-4,6-9,11-12,20H,2,5,10H2,(H,21,24). The number of amides is 2. The largest absolute Gasteiger partial charge is 0.361 e. The number of nitrogens with zero attached hydrogens (tertiary/aromatic N) is 1. The summed E-state index contributed by atoms with van der Waals surface area (Å²) in [6.45, 7) is 0.736. The molecule has 1 aliphatic rings. The van der Waals surface area contributed by atoms with E-state index in [-0.39, 0.29) is 11.8 Å². The van der Waals surface area contributed by atoms with Crippen LogP contribution in [-0.2, 0) is 4.79 Å². The first-order valence-corrected chi connectivity index (χ1v) is 8.00. The average Bonchev–Trinajstić information content (AvgIpc) is 3.22. The molecule has 0 saturated carbocycles. The number of rotatable bonds is 3. The molecule has 2 amide bonds. The maximum Gasteiger partial charge on any atom is 0.255 e. The molecule has 0 radical (unpaired) electrons. The van der Waals surface area contributed by atoms with Crippen LogP contribution in [0.2, 0.25) is 0 Å². The Morgan fingerprint density at radius 2 is 2.04 bits per heavy atom. The minimum absolute atomic E-state index is 0.135. The molecule has 1 saturated heterocycles. The van der Waals surface area contributed by atoms with Crippen LogP contribution in [-0.4, -0.2) is 23.3 Å². The van der Waals surface area contributed by atoms with Gasteiger partial charge in [0.1, 0.15) is 0 Å². The minimum Gasteiger partial charge on any atom is -0.361 e. The normalized spacial score (nSPS) is 14.3. The van der Waals surface area contributed by atoms with E-state index in [9.17, 15) is 9.59 Å². The van der Waals surface area contributed by atoms with Gasteiger partial charge in [-0.25, -0.2) is 0 Å². The van der Waals surface area contributed by atoms with Gasteiger partial charge in [0.05, 0.1) is 0 Å². The molecule has 5 heteroatoms. The SMILES string of the molecule is O=C(Nc1cccc(N2CCCC2=O)c1)c1ccc2cc[nH]c2c1. The van der Waals surface area contributed by atoms with Crippen molar-refractivity contribution in [2.75, 3.05) is 16.8 Å². The first kappa shape index (κ1) is 14.5. The zero-order valence-electron chi connectivity index (χ0n) is 13.1. The third kappa shape index (κ3) is 2.65. The lowest BCUT2D eigenvalue weighted by Crippen LogP contribution is -2.23. The Bertz CT molecular complexity index is 929. The van der Waals surface area contributed by atoms with Gasteiger partial charge in [0.15, 0.2) is 0 Å². The van der Waals surface area contributed by atoms with Crippen LogP contribution >= 0.6 is 0 Å². The summed E-state index contributed by atoms with van der Waals surface area (Å²) >= 11 is 0. The van der Waals surface area contributed by atoms with Gasteiger partial charge in [-0.3, -0.25) is 9.59 Å². The monoisotopic (exact) mass is 319 g/mol. The summed E-state index contributed by atoms with van der Waals surface area (Å²) in [5.74, 6) is -0.0351. The van der Waals surface area contributed by atoms with Crippen LogP contribution in [0.15, 0.2) is 54.7 Å². The van der Waals surface area contributed by atoms with Crippen LogP contribution < -0.4 is 10.2 Å². The van der Waals surface area contributed by atoms with Crippen LogP contribution in [0, 0.1) is 0 Å². The molecule has 2 aromatic carbocycles. The van der Waals surface area contributed by atoms with Gasteiger partial charge in [0, 0.05) is 41.6 Å². The maximum atomic E-state index is 12.5. The molecule has 0 bridgehead atoms. The van der Waals surface area contributed by atoms with Gasteiger partial charge in [0.2, 0.25) is 5.91 Å². The molecular weight excluding hydrogens is 302 g/mol. The van der Waals surface area contributed by atoms with E-state index in [4.69, 9.17) is 0 Å². The summed E-state index contributed by atoms with van der Waals surface area (Å²) in [6, 6.07) is 14.9. The van der Waals surface area contributed by atoms with E-state index in [1.165, 1.54) is 0 Å². The molecular formula is C19H17N3O2. The summed E-state index contributed by atoms with van der Waals surface area (Å²) < 4.78 is 0. The van der Waals surface area contributed by atoms with Gasteiger partial charge in [-0.2, -0.15) is 0 Å². The molecule has 2 heterocycles. The first-order chi connectivity index (χ1) is 11.7. The number of benzene rings is 2. The Kier molecular flexibility index (Phi) is 3.54. The van der Waals surface area contributed by atoms with Gasteiger partial charge in [-0.05, 0) is 48.2 Å². The molecule has 0 aliphatic carbocycles. The highest BCUT2D eigenvalue weighted by molar-refractivity contribution is 6.06. The first-order valence-electron chi connectivity index (χ1n) is 8.00. The van der Waals surface area contributed by atoms with E-state index in [2.05, 4.69) is 10.3 Å². The van der Waals surface area contributed by atoms with E-state index >= 15 is 0 Å². The van der Waals surface area contributed by atoms with Gasteiger partial charge in [-0.1, -0.05) is 12.1 Å². The zero-order valence-corrected chi connectivity index (χ0v) is 13.1. The highest BCUT2D eigenvalue weighted by atomic mass is 16.2. The molecule has 3 aromatic rings. The van der Waals surface area contributed by atoms with Gasteiger partial charge in [-0.15, -0.1) is 0 Å². The second kappa shape index (κ2) is 5.85. The molecule has 120 valence electrons. The highest BCUT2D eigenvalue weighted by Gasteiger charge is 2.21. The molecule has 1 aliphatic heterocycles. The number of carbonyl (C=O) groups is 2. The summed E-state index contributed by atoms with van der Waals surface area (Å²) in [6.07, 6.45) is 3.32. The van der Waals surface area contributed by atoms with E-state index < -0.39 is 0 Å². The van der Waals surface area contributed by atoms with Crippen LogP contribution in [0.5, 0.6) is 0 Å². The minimum atomic E-state index is -0.170. The fourth-order valence-electron chi connectivity index (χ4n) is 3.07. The molecule has 0 atom stereocenters. The number of carbonyl (C=O) groups excluding carboxylic acids is 2. The number of fused-ring (bicyclic) bond motifs is 1. The van der Waals surface area contributed by atoms with Crippen molar-refractivity contribution in [2.24, 2.45) is 0 Å². The molecule has 2 N–H and O–H groups in total. The predicted molar refractivity (Wildman–Crippen MR) is 94.3 cm³/mol. The van der Waals surface area contributed by atoms with Gasteiger partial charge < -0.3 is 15.2 Å². The number of nitrogens with one attached hydrogen (secondary N) is 2. The molecule has 0 unspecified atom stereocenters. The number of hydrogen-bond donors (Lipinski definition) is 2. The summed E-state index contributed by atoms with van der Waals surface area (Å²) in [5, 5.41) is 3.97. The van der Waals surface area contributed by atoms with Crippen molar-refractivity contribution in [3.8, 4) is 0 Å². The fourth-order valence-corrected chi connectivity index (χ4v) is 3.07. The summed E-state index contributed by atoms with van der Waals surface area (Å²) in [5.41, 5.74) is 3.03. The smallest absolute Gasteiger partial charge is 0.255 e. The lowest BCUT2D eigenvalue weighted by atomic mass is 10.1. The Hall–Kier alpha value is -3.08. The van der Waals surface area contributed by atoms with Gasteiger partial charge >= 0.3 is 0 Å².